The van der Waals surface area contributed by atoms with Crippen LogP contribution in [0, 0.1) is 0 Å². The molecule has 0 spiro atoms. The molecular weight excluding hydrogens is 368 g/mol. The summed E-state index contributed by atoms with van der Waals surface area (Å²) in [5.41, 5.74) is 2.63. The second-order valence-corrected chi connectivity index (χ2v) is 6.73. The number of carbonyl (C=O) groups is 2. The molecule has 1 aromatic heterocycles. The van der Waals surface area contributed by atoms with Gasteiger partial charge < -0.3 is 10.2 Å². The predicted molar refractivity (Wildman–Crippen MR) is 110 cm³/mol. The van der Waals surface area contributed by atoms with Gasteiger partial charge in [-0.15, -0.1) is 10.2 Å². The average Bonchev–Trinajstić information content (AvgIpc) is 3.24. The lowest BCUT2D eigenvalue weighted by molar-refractivity contribution is -0.136. The van der Waals surface area contributed by atoms with Gasteiger partial charge >= 0.3 is 0 Å². The summed E-state index contributed by atoms with van der Waals surface area (Å²) in [5, 5.41) is 15.2. The van der Waals surface area contributed by atoms with Crippen LogP contribution in [-0.4, -0.2) is 50.5 Å². The first-order chi connectivity index (χ1) is 14.0. The summed E-state index contributed by atoms with van der Waals surface area (Å²) < 4.78 is 0. The van der Waals surface area contributed by atoms with Crippen LogP contribution in [0.1, 0.15) is 25.5 Å². The standard InChI is InChI=1S/C21H24N6O2/c1-4-16-10-8-9-13-18(16)22-19(28)14-26(3)21(29)15(2)27-24-20(23-25-27)17-11-6-5-7-12-17/h5-13,15H,4,14H2,1-3H3,(H,22,28). The first-order valence-corrected chi connectivity index (χ1v) is 9.47. The Hall–Kier alpha value is -3.55. The maximum atomic E-state index is 12.7. The SMILES string of the molecule is CCc1ccccc1NC(=O)CN(C)C(=O)C(C)n1nnc(-c2ccccc2)n1. The van der Waals surface area contributed by atoms with Crippen molar-refractivity contribution in [3.63, 3.8) is 0 Å². The van der Waals surface area contributed by atoms with Gasteiger partial charge in [-0.1, -0.05) is 55.5 Å². The van der Waals surface area contributed by atoms with Gasteiger partial charge in [0.1, 0.15) is 6.04 Å². The number of carbonyl (C=O) groups excluding carboxylic acids is 2. The molecule has 1 atom stereocenters. The minimum Gasteiger partial charge on any atom is -0.335 e. The molecule has 3 rings (SSSR count). The second kappa shape index (κ2) is 9.09. The molecule has 2 aromatic carbocycles. The quantitative estimate of drug-likeness (QED) is 0.667. The predicted octanol–water partition coefficient (Wildman–Crippen LogP) is 2.56. The van der Waals surface area contributed by atoms with Crippen molar-refractivity contribution in [1.82, 2.24) is 25.1 Å². The Labute approximate surface area is 169 Å². The number of nitrogens with zero attached hydrogens (tertiary/aromatic N) is 5. The minimum absolute atomic E-state index is 0.0680. The van der Waals surface area contributed by atoms with Gasteiger partial charge in [0.2, 0.25) is 17.6 Å². The lowest BCUT2D eigenvalue weighted by Crippen LogP contribution is -2.39. The van der Waals surface area contributed by atoms with Crippen molar-refractivity contribution >= 4 is 17.5 Å². The molecule has 150 valence electrons. The van der Waals surface area contributed by atoms with Gasteiger partial charge in [0, 0.05) is 18.3 Å². The number of aryl methyl sites for hydroxylation is 1. The summed E-state index contributed by atoms with van der Waals surface area (Å²) in [6, 6.07) is 16.4. The first-order valence-electron chi connectivity index (χ1n) is 9.47. The van der Waals surface area contributed by atoms with Crippen LogP contribution in [0.4, 0.5) is 5.69 Å². The van der Waals surface area contributed by atoms with E-state index in [4.69, 9.17) is 0 Å². The Bertz CT molecular complexity index is 986. The summed E-state index contributed by atoms with van der Waals surface area (Å²) in [4.78, 5) is 27.7. The molecule has 2 amide bonds. The van der Waals surface area contributed by atoms with E-state index in [1.54, 1.807) is 14.0 Å². The Morgan fingerprint density at radius 1 is 1.10 bits per heavy atom. The number of nitrogens with one attached hydrogen (secondary N) is 1. The average molecular weight is 392 g/mol. The van der Waals surface area contributed by atoms with E-state index in [9.17, 15) is 9.59 Å². The van der Waals surface area contributed by atoms with Gasteiger partial charge in [-0.3, -0.25) is 9.59 Å². The van der Waals surface area contributed by atoms with E-state index in [1.807, 2.05) is 61.5 Å². The van der Waals surface area contributed by atoms with Gasteiger partial charge in [0.05, 0.1) is 6.54 Å². The highest BCUT2D eigenvalue weighted by molar-refractivity contribution is 5.95. The molecule has 3 aromatic rings. The highest BCUT2D eigenvalue weighted by Gasteiger charge is 2.23. The molecule has 1 unspecified atom stereocenters. The number of aromatic nitrogens is 4. The number of amides is 2. The third-order valence-corrected chi connectivity index (χ3v) is 4.59. The molecule has 0 saturated carbocycles. The smallest absolute Gasteiger partial charge is 0.249 e. The summed E-state index contributed by atoms with van der Waals surface area (Å²) >= 11 is 0. The molecule has 1 heterocycles. The molecule has 1 N–H and O–H groups in total. The van der Waals surface area contributed by atoms with E-state index < -0.39 is 6.04 Å². The van der Waals surface area contributed by atoms with Crippen molar-refractivity contribution in [2.24, 2.45) is 0 Å². The molecule has 8 heteroatoms. The molecule has 0 radical (unpaired) electrons. The van der Waals surface area contributed by atoms with Gasteiger partial charge in [-0.2, -0.15) is 4.80 Å². The molecule has 0 fully saturated rings. The van der Waals surface area contributed by atoms with Crippen LogP contribution in [0.3, 0.4) is 0 Å². The van der Waals surface area contributed by atoms with E-state index >= 15 is 0 Å². The topological polar surface area (TPSA) is 93.0 Å². The van der Waals surface area contributed by atoms with E-state index in [1.165, 1.54) is 9.70 Å². The maximum Gasteiger partial charge on any atom is 0.249 e. The number of rotatable bonds is 7. The molecule has 29 heavy (non-hydrogen) atoms. The van der Waals surface area contributed by atoms with Gasteiger partial charge in [0.25, 0.3) is 0 Å². The third-order valence-electron chi connectivity index (χ3n) is 4.59. The number of hydrogen-bond donors (Lipinski definition) is 1. The molecular formula is C21H24N6O2. The fraction of sp³-hybridized carbons (Fsp3) is 0.286. The van der Waals surface area contributed by atoms with E-state index in [-0.39, 0.29) is 18.4 Å². The number of hydrogen-bond acceptors (Lipinski definition) is 5. The van der Waals surface area contributed by atoms with Crippen molar-refractivity contribution in [3.8, 4) is 11.4 Å². The van der Waals surface area contributed by atoms with Crippen molar-refractivity contribution in [2.45, 2.75) is 26.3 Å². The molecule has 0 aliphatic carbocycles. The van der Waals surface area contributed by atoms with Crippen LogP contribution in [0.5, 0.6) is 0 Å². The summed E-state index contributed by atoms with van der Waals surface area (Å²) in [5.74, 6) is -0.0896. The molecule has 0 bridgehead atoms. The summed E-state index contributed by atoms with van der Waals surface area (Å²) in [6.45, 7) is 3.64. The normalized spacial score (nSPS) is 11.7. The molecule has 8 nitrogen and oxygen atoms in total. The molecule has 0 aliphatic heterocycles. The van der Waals surface area contributed by atoms with Crippen LogP contribution < -0.4 is 5.32 Å². The number of tetrazole rings is 1. The Kier molecular flexibility index (Phi) is 6.33. The van der Waals surface area contributed by atoms with Gasteiger partial charge in [0.15, 0.2) is 0 Å². The summed E-state index contributed by atoms with van der Waals surface area (Å²) in [6.07, 6.45) is 0.809. The number of para-hydroxylation sites is 1. The first kappa shape index (κ1) is 20.2. The van der Waals surface area contributed by atoms with Gasteiger partial charge in [-0.25, -0.2) is 0 Å². The van der Waals surface area contributed by atoms with E-state index in [0.29, 0.717) is 5.82 Å². The summed E-state index contributed by atoms with van der Waals surface area (Å²) in [7, 11) is 1.58. The fourth-order valence-corrected chi connectivity index (χ4v) is 2.94. The minimum atomic E-state index is -0.680. The van der Waals surface area contributed by atoms with Crippen molar-refractivity contribution in [3.05, 3.63) is 60.2 Å². The van der Waals surface area contributed by atoms with Gasteiger partial charge in [-0.05, 0) is 30.2 Å². The molecule has 0 aliphatic rings. The van der Waals surface area contributed by atoms with Crippen LogP contribution in [0.15, 0.2) is 54.6 Å². The monoisotopic (exact) mass is 392 g/mol. The van der Waals surface area contributed by atoms with Crippen molar-refractivity contribution in [1.29, 1.82) is 0 Å². The lowest BCUT2D eigenvalue weighted by atomic mass is 10.1. The maximum absolute atomic E-state index is 12.7. The Balaban J connectivity index is 1.62. The zero-order chi connectivity index (χ0) is 20.8. The van der Waals surface area contributed by atoms with E-state index in [0.717, 1.165) is 23.2 Å². The van der Waals surface area contributed by atoms with Crippen molar-refractivity contribution < 1.29 is 9.59 Å². The Morgan fingerprint density at radius 3 is 2.52 bits per heavy atom. The zero-order valence-corrected chi connectivity index (χ0v) is 16.7. The Morgan fingerprint density at radius 2 is 1.79 bits per heavy atom. The van der Waals surface area contributed by atoms with Crippen LogP contribution in [-0.2, 0) is 16.0 Å². The third kappa shape index (κ3) is 4.84. The fourth-order valence-electron chi connectivity index (χ4n) is 2.94. The number of likely N-dealkylation sites (N-methyl/N-ethyl adjacent to an activating group) is 1. The second-order valence-electron chi connectivity index (χ2n) is 6.73. The van der Waals surface area contributed by atoms with Crippen molar-refractivity contribution in [2.75, 3.05) is 18.9 Å². The molecule has 0 saturated heterocycles. The largest absolute Gasteiger partial charge is 0.335 e. The van der Waals surface area contributed by atoms with Crippen LogP contribution in [0.2, 0.25) is 0 Å². The number of benzene rings is 2. The highest BCUT2D eigenvalue weighted by Crippen LogP contribution is 2.16. The van der Waals surface area contributed by atoms with Crippen LogP contribution in [0.25, 0.3) is 11.4 Å². The highest BCUT2D eigenvalue weighted by atomic mass is 16.2. The lowest BCUT2D eigenvalue weighted by Gasteiger charge is -2.20. The van der Waals surface area contributed by atoms with Crippen LogP contribution >= 0.6 is 0 Å². The zero-order valence-electron chi connectivity index (χ0n) is 16.7. The number of anilines is 1. The van der Waals surface area contributed by atoms with E-state index in [2.05, 4.69) is 20.7 Å².